The van der Waals surface area contributed by atoms with Crippen LogP contribution in [0.15, 0.2) is 30.5 Å². The Balaban J connectivity index is 2.07. The molecule has 1 heterocycles. The van der Waals surface area contributed by atoms with E-state index in [9.17, 15) is 4.79 Å². The predicted octanol–water partition coefficient (Wildman–Crippen LogP) is 2.40. The number of anilines is 1. The normalized spacial score (nSPS) is 10.6. The van der Waals surface area contributed by atoms with Gasteiger partial charge in [0.15, 0.2) is 0 Å². The van der Waals surface area contributed by atoms with E-state index in [4.69, 9.17) is 5.11 Å². The molecule has 0 saturated carbocycles. The number of urea groups is 1. The van der Waals surface area contributed by atoms with E-state index in [1.54, 1.807) is 4.90 Å². The van der Waals surface area contributed by atoms with Gasteiger partial charge >= 0.3 is 6.03 Å². The maximum absolute atomic E-state index is 12.1. The number of hydrogen-bond donors (Lipinski definition) is 3. The summed E-state index contributed by atoms with van der Waals surface area (Å²) >= 11 is 0. The SMILES string of the molecule is CCCN(CCO)C(=O)Nc1ccc2[nH]ccc2c1. The first kappa shape index (κ1) is 13.4. The summed E-state index contributed by atoms with van der Waals surface area (Å²) in [6, 6.07) is 7.50. The zero-order valence-corrected chi connectivity index (χ0v) is 11.0. The molecule has 0 fully saturated rings. The largest absolute Gasteiger partial charge is 0.395 e. The lowest BCUT2D eigenvalue weighted by molar-refractivity contribution is 0.188. The number of nitrogens with one attached hydrogen (secondary N) is 2. The molecule has 2 aromatic rings. The van der Waals surface area contributed by atoms with Crippen LogP contribution in [0, 0.1) is 0 Å². The van der Waals surface area contributed by atoms with Crippen molar-refractivity contribution < 1.29 is 9.90 Å². The number of aliphatic hydroxyl groups is 1. The van der Waals surface area contributed by atoms with Crippen molar-refractivity contribution in [1.82, 2.24) is 9.88 Å². The Bertz CT molecular complexity index is 544. The number of carbonyl (C=O) groups is 1. The highest BCUT2D eigenvalue weighted by Crippen LogP contribution is 2.18. The minimum Gasteiger partial charge on any atom is -0.395 e. The van der Waals surface area contributed by atoms with Gasteiger partial charge in [-0.1, -0.05) is 6.92 Å². The van der Waals surface area contributed by atoms with Crippen LogP contribution in [0.5, 0.6) is 0 Å². The number of fused-ring (bicyclic) bond motifs is 1. The van der Waals surface area contributed by atoms with E-state index in [0.717, 1.165) is 23.0 Å². The zero-order valence-electron chi connectivity index (χ0n) is 11.0. The number of aromatic nitrogens is 1. The minimum absolute atomic E-state index is 0.0235. The van der Waals surface area contributed by atoms with E-state index in [-0.39, 0.29) is 12.6 Å². The molecule has 0 saturated heterocycles. The number of H-pyrrole nitrogens is 1. The van der Waals surface area contributed by atoms with E-state index in [1.165, 1.54) is 0 Å². The Morgan fingerprint density at radius 3 is 2.95 bits per heavy atom. The lowest BCUT2D eigenvalue weighted by Crippen LogP contribution is -2.37. The minimum atomic E-state index is -0.175. The standard InChI is InChI=1S/C14H19N3O2/c1-2-7-17(8-9-18)14(19)16-12-3-4-13-11(10-12)5-6-15-13/h3-6,10,15,18H,2,7-9H2,1H3,(H,16,19). The summed E-state index contributed by atoms with van der Waals surface area (Å²) in [5.41, 5.74) is 1.80. The van der Waals surface area contributed by atoms with Crippen molar-refractivity contribution in [2.24, 2.45) is 0 Å². The fraction of sp³-hybridized carbons (Fsp3) is 0.357. The summed E-state index contributed by atoms with van der Waals surface area (Å²) in [6.45, 7) is 2.97. The molecule has 0 bridgehead atoms. The highest BCUT2D eigenvalue weighted by Gasteiger charge is 2.12. The Kier molecular flexibility index (Phi) is 4.41. The molecule has 0 aliphatic rings. The van der Waals surface area contributed by atoms with Gasteiger partial charge in [-0.05, 0) is 30.7 Å². The lowest BCUT2D eigenvalue weighted by Gasteiger charge is -2.21. The van der Waals surface area contributed by atoms with E-state index >= 15 is 0 Å². The van der Waals surface area contributed by atoms with E-state index in [0.29, 0.717) is 13.1 Å². The molecule has 3 N–H and O–H groups in total. The molecule has 0 aliphatic heterocycles. The molecule has 0 radical (unpaired) electrons. The summed E-state index contributed by atoms with van der Waals surface area (Å²) in [6.07, 6.45) is 2.73. The topological polar surface area (TPSA) is 68.4 Å². The summed E-state index contributed by atoms with van der Waals surface area (Å²) in [5.74, 6) is 0. The smallest absolute Gasteiger partial charge is 0.321 e. The molecule has 5 nitrogen and oxygen atoms in total. The second-order valence-electron chi connectivity index (χ2n) is 4.42. The number of nitrogens with zero attached hydrogens (tertiary/aromatic N) is 1. The van der Waals surface area contributed by atoms with Gasteiger partial charge in [0.05, 0.1) is 6.61 Å². The zero-order chi connectivity index (χ0) is 13.7. The number of rotatable bonds is 5. The van der Waals surface area contributed by atoms with Crippen LogP contribution in [-0.2, 0) is 0 Å². The van der Waals surface area contributed by atoms with Crippen LogP contribution in [0.4, 0.5) is 10.5 Å². The molecule has 102 valence electrons. The van der Waals surface area contributed by atoms with Crippen molar-refractivity contribution in [2.75, 3.05) is 25.0 Å². The second kappa shape index (κ2) is 6.24. The third-order valence-electron chi connectivity index (χ3n) is 2.96. The summed E-state index contributed by atoms with van der Waals surface area (Å²) < 4.78 is 0. The van der Waals surface area contributed by atoms with Crippen LogP contribution >= 0.6 is 0 Å². The molecular formula is C14H19N3O2. The fourth-order valence-electron chi connectivity index (χ4n) is 2.04. The second-order valence-corrected chi connectivity index (χ2v) is 4.42. The van der Waals surface area contributed by atoms with Gasteiger partial charge in [-0.15, -0.1) is 0 Å². The first-order valence-electron chi connectivity index (χ1n) is 6.48. The molecule has 0 aliphatic carbocycles. The predicted molar refractivity (Wildman–Crippen MR) is 76.3 cm³/mol. The number of benzene rings is 1. The number of hydrogen-bond acceptors (Lipinski definition) is 2. The number of aromatic amines is 1. The molecule has 19 heavy (non-hydrogen) atoms. The van der Waals surface area contributed by atoms with Crippen molar-refractivity contribution in [3.05, 3.63) is 30.5 Å². The summed E-state index contributed by atoms with van der Waals surface area (Å²) in [4.78, 5) is 16.8. The molecule has 0 atom stereocenters. The van der Waals surface area contributed by atoms with E-state index < -0.39 is 0 Å². The van der Waals surface area contributed by atoms with Gasteiger partial charge in [0.2, 0.25) is 0 Å². The van der Waals surface area contributed by atoms with Crippen LogP contribution in [0.3, 0.4) is 0 Å². The van der Waals surface area contributed by atoms with E-state index in [2.05, 4.69) is 10.3 Å². The molecule has 5 heteroatoms. The Morgan fingerprint density at radius 1 is 1.37 bits per heavy atom. The van der Waals surface area contributed by atoms with Crippen molar-refractivity contribution in [3.63, 3.8) is 0 Å². The number of amides is 2. The Labute approximate surface area is 112 Å². The molecule has 2 rings (SSSR count). The third kappa shape index (κ3) is 3.26. The summed E-state index contributed by atoms with van der Waals surface area (Å²) in [5, 5.41) is 12.9. The van der Waals surface area contributed by atoms with Crippen LogP contribution < -0.4 is 5.32 Å². The molecular weight excluding hydrogens is 242 g/mol. The van der Waals surface area contributed by atoms with Crippen molar-refractivity contribution in [3.8, 4) is 0 Å². The van der Waals surface area contributed by atoms with E-state index in [1.807, 2.05) is 37.4 Å². The third-order valence-corrected chi connectivity index (χ3v) is 2.96. The average molecular weight is 261 g/mol. The average Bonchev–Trinajstić information content (AvgIpc) is 2.86. The summed E-state index contributed by atoms with van der Waals surface area (Å²) in [7, 11) is 0. The Hall–Kier alpha value is -2.01. The first-order chi connectivity index (χ1) is 9.24. The van der Waals surface area contributed by atoms with Crippen LogP contribution in [0.1, 0.15) is 13.3 Å². The van der Waals surface area contributed by atoms with Crippen LogP contribution in [0.2, 0.25) is 0 Å². The first-order valence-corrected chi connectivity index (χ1v) is 6.48. The van der Waals surface area contributed by atoms with Crippen LogP contribution in [0.25, 0.3) is 10.9 Å². The molecule has 1 aromatic heterocycles. The highest BCUT2D eigenvalue weighted by molar-refractivity contribution is 5.92. The quantitative estimate of drug-likeness (QED) is 0.773. The molecule has 1 aromatic carbocycles. The Morgan fingerprint density at radius 2 is 2.21 bits per heavy atom. The molecule has 0 unspecified atom stereocenters. The maximum Gasteiger partial charge on any atom is 0.321 e. The maximum atomic E-state index is 12.1. The van der Waals surface area contributed by atoms with Crippen molar-refractivity contribution in [1.29, 1.82) is 0 Å². The fourth-order valence-corrected chi connectivity index (χ4v) is 2.04. The molecule has 0 spiro atoms. The monoisotopic (exact) mass is 261 g/mol. The van der Waals surface area contributed by atoms with Gasteiger partial charge in [-0.2, -0.15) is 0 Å². The van der Waals surface area contributed by atoms with Gasteiger partial charge in [-0.25, -0.2) is 4.79 Å². The van der Waals surface area contributed by atoms with Crippen LogP contribution in [-0.4, -0.2) is 40.7 Å². The van der Waals surface area contributed by atoms with Gasteiger partial charge < -0.3 is 20.3 Å². The van der Waals surface area contributed by atoms with Gasteiger partial charge in [-0.3, -0.25) is 0 Å². The van der Waals surface area contributed by atoms with Gasteiger partial charge in [0.1, 0.15) is 0 Å². The van der Waals surface area contributed by atoms with Crippen molar-refractivity contribution in [2.45, 2.75) is 13.3 Å². The number of aliphatic hydroxyl groups excluding tert-OH is 1. The van der Waals surface area contributed by atoms with Gasteiger partial charge in [0.25, 0.3) is 0 Å². The highest BCUT2D eigenvalue weighted by atomic mass is 16.3. The van der Waals surface area contributed by atoms with Gasteiger partial charge in [0, 0.05) is 35.9 Å². The number of carbonyl (C=O) groups excluding carboxylic acids is 1. The lowest BCUT2D eigenvalue weighted by atomic mass is 10.2. The molecule has 2 amide bonds. The van der Waals surface area contributed by atoms with Crippen molar-refractivity contribution >= 4 is 22.6 Å².